The first-order valence-electron chi connectivity index (χ1n) is 11.1. The first-order chi connectivity index (χ1) is 14.1. The van der Waals surface area contributed by atoms with Crippen LogP contribution in [0.3, 0.4) is 0 Å². The van der Waals surface area contributed by atoms with Crippen molar-refractivity contribution in [2.24, 2.45) is 0 Å². The van der Waals surface area contributed by atoms with E-state index in [0.717, 1.165) is 43.4 Å². The molecule has 0 saturated carbocycles. The Bertz CT molecular complexity index is 736. The second kappa shape index (κ2) is 12.4. The minimum Gasteiger partial charge on any atom is -0.423 e. The van der Waals surface area contributed by atoms with E-state index in [1.165, 1.54) is 12.8 Å². The van der Waals surface area contributed by atoms with E-state index >= 15 is 0 Å². The molecule has 2 rings (SSSR count). The number of benzene rings is 2. The summed E-state index contributed by atoms with van der Waals surface area (Å²) in [6, 6.07) is 15.5. The van der Waals surface area contributed by atoms with Crippen molar-refractivity contribution >= 4 is 5.97 Å². The summed E-state index contributed by atoms with van der Waals surface area (Å²) < 4.78 is 11.7. The minimum atomic E-state index is -0.313. The maximum Gasteiger partial charge on any atom is 0.343 e. The first-order valence-corrected chi connectivity index (χ1v) is 11.1. The number of esters is 1. The average Bonchev–Trinajstić information content (AvgIpc) is 2.75. The number of unbranched alkanes of at least 4 members (excludes halogenated alkanes) is 2. The largest absolute Gasteiger partial charge is 0.423 e. The van der Waals surface area contributed by atoms with Crippen LogP contribution in [0.15, 0.2) is 48.5 Å². The lowest BCUT2D eigenvalue weighted by Gasteiger charge is -2.18. The average molecular weight is 397 g/mol. The molecule has 2 unspecified atom stereocenters. The summed E-state index contributed by atoms with van der Waals surface area (Å²) in [7, 11) is 0. The number of hydrogen-bond donors (Lipinski definition) is 0. The molecule has 0 aliphatic rings. The molecule has 0 fully saturated rings. The third kappa shape index (κ3) is 7.01. The minimum absolute atomic E-state index is 0.0250. The van der Waals surface area contributed by atoms with Crippen LogP contribution in [-0.2, 0) is 4.74 Å². The summed E-state index contributed by atoms with van der Waals surface area (Å²) in [5.41, 5.74) is 2.76. The molecule has 0 aliphatic heterocycles. The molecule has 3 heteroatoms. The van der Waals surface area contributed by atoms with Crippen molar-refractivity contribution in [2.45, 2.75) is 78.2 Å². The van der Waals surface area contributed by atoms with E-state index in [0.29, 0.717) is 17.2 Å². The summed E-state index contributed by atoms with van der Waals surface area (Å²) in [4.78, 5) is 12.7. The van der Waals surface area contributed by atoms with Crippen molar-refractivity contribution in [3.63, 3.8) is 0 Å². The van der Waals surface area contributed by atoms with Gasteiger partial charge in [-0.2, -0.15) is 0 Å². The highest BCUT2D eigenvalue weighted by Crippen LogP contribution is 2.32. The third-order valence-corrected chi connectivity index (χ3v) is 5.42. The molecule has 0 bridgehead atoms. The smallest absolute Gasteiger partial charge is 0.343 e. The Morgan fingerprint density at radius 3 is 2.31 bits per heavy atom. The summed E-state index contributed by atoms with van der Waals surface area (Å²) in [6.45, 7) is 9.38. The standard InChI is InChI=1S/C26H36O3/c1-5-8-11-19-28-20(4)22-15-17-23(18-16-22)26(27)29-25-14-10-9-13-24(25)21(7-3)12-6-2/h9-10,13-18,20-21H,5-8,11-12,19H2,1-4H3. The van der Waals surface area contributed by atoms with Crippen LogP contribution in [0.4, 0.5) is 0 Å². The van der Waals surface area contributed by atoms with Crippen LogP contribution in [0.1, 0.15) is 99.7 Å². The molecule has 0 saturated heterocycles. The van der Waals surface area contributed by atoms with Gasteiger partial charge in [0.25, 0.3) is 0 Å². The van der Waals surface area contributed by atoms with Crippen LogP contribution in [-0.4, -0.2) is 12.6 Å². The monoisotopic (exact) mass is 396 g/mol. The van der Waals surface area contributed by atoms with E-state index in [1.807, 2.05) is 49.4 Å². The highest BCUT2D eigenvalue weighted by molar-refractivity contribution is 5.91. The molecule has 2 atom stereocenters. The quantitative estimate of drug-likeness (QED) is 0.212. The van der Waals surface area contributed by atoms with Gasteiger partial charge in [-0.05, 0) is 61.4 Å². The Labute approximate surface area is 176 Å². The molecular weight excluding hydrogens is 360 g/mol. The van der Waals surface area contributed by atoms with Gasteiger partial charge in [0, 0.05) is 6.61 Å². The summed E-state index contributed by atoms with van der Waals surface area (Å²) in [5, 5.41) is 0. The number of carbonyl (C=O) groups is 1. The number of carbonyl (C=O) groups excluding carboxylic acids is 1. The van der Waals surface area contributed by atoms with Gasteiger partial charge < -0.3 is 9.47 Å². The van der Waals surface area contributed by atoms with E-state index in [9.17, 15) is 4.79 Å². The number of ether oxygens (including phenoxy) is 2. The molecular formula is C26H36O3. The number of rotatable bonds is 12. The molecule has 158 valence electrons. The second-order valence-corrected chi connectivity index (χ2v) is 7.66. The van der Waals surface area contributed by atoms with E-state index in [1.54, 1.807) is 0 Å². The van der Waals surface area contributed by atoms with Crippen molar-refractivity contribution < 1.29 is 14.3 Å². The van der Waals surface area contributed by atoms with Crippen LogP contribution in [0.5, 0.6) is 5.75 Å². The maximum absolute atomic E-state index is 12.7. The Morgan fingerprint density at radius 1 is 0.931 bits per heavy atom. The molecule has 0 aliphatic carbocycles. The lowest BCUT2D eigenvalue weighted by Crippen LogP contribution is -2.11. The summed E-state index contributed by atoms with van der Waals surface area (Å²) >= 11 is 0. The lowest BCUT2D eigenvalue weighted by molar-refractivity contribution is 0.0628. The van der Waals surface area contributed by atoms with Gasteiger partial charge in [-0.15, -0.1) is 0 Å². The predicted octanol–water partition coefficient (Wildman–Crippen LogP) is 7.47. The fourth-order valence-corrected chi connectivity index (χ4v) is 3.60. The zero-order valence-corrected chi connectivity index (χ0v) is 18.4. The van der Waals surface area contributed by atoms with Crippen molar-refractivity contribution in [1.82, 2.24) is 0 Å². The van der Waals surface area contributed by atoms with E-state index < -0.39 is 0 Å². The molecule has 29 heavy (non-hydrogen) atoms. The van der Waals surface area contributed by atoms with Gasteiger partial charge in [0.2, 0.25) is 0 Å². The zero-order chi connectivity index (χ0) is 21.1. The van der Waals surface area contributed by atoms with Crippen molar-refractivity contribution in [3.8, 4) is 5.75 Å². The third-order valence-electron chi connectivity index (χ3n) is 5.42. The highest BCUT2D eigenvalue weighted by atomic mass is 16.5. The Balaban J connectivity index is 2.03. The molecule has 0 heterocycles. The van der Waals surface area contributed by atoms with Crippen molar-refractivity contribution in [2.75, 3.05) is 6.61 Å². The normalized spacial score (nSPS) is 13.1. The fraction of sp³-hybridized carbons (Fsp3) is 0.500. The van der Waals surface area contributed by atoms with Crippen LogP contribution in [0.2, 0.25) is 0 Å². The Kier molecular flexibility index (Phi) is 9.93. The molecule has 0 radical (unpaired) electrons. The van der Waals surface area contributed by atoms with Gasteiger partial charge in [0.15, 0.2) is 0 Å². The fourth-order valence-electron chi connectivity index (χ4n) is 3.60. The summed E-state index contributed by atoms with van der Waals surface area (Å²) in [6.07, 6.45) is 6.73. The van der Waals surface area contributed by atoms with Gasteiger partial charge in [-0.1, -0.05) is 70.4 Å². The first kappa shape index (κ1) is 23.2. The lowest BCUT2D eigenvalue weighted by atomic mass is 9.91. The van der Waals surface area contributed by atoms with Crippen molar-refractivity contribution in [3.05, 3.63) is 65.2 Å². The topological polar surface area (TPSA) is 35.5 Å². The van der Waals surface area contributed by atoms with Crippen LogP contribution in [0, 0.1) is 0 Å². The van der Waals surface area contributed by atoms with Gasteiger partial charge in [-0.25, -0.2) is 4.79 Å². The molecule has 0 N–H and O–H groups in total. The van der Waals surface area contributed by atoms with E-state index in [-0.39, 0.29) is 12.1 Å². The highest BCUT2D eigenvalue weighted by Gasteiger charge is 2.17. The predicted molar refractivity (Wildman–Crippen MR) is 120 cm³/mol. The summed E-state index contributed by atoms with van der Waals surface area (Å²) in [5.74, 6) is 0.776. The van der Waals surface area contributed by atoms with E-state index in [4.69, 9.17) is 9.47 Å². The molecule has 2 aromatic carbocycles. The van der Waals surface area contributed by atoms with Gasteiger partial charge in [0.05, 0.1) is 11.7 Å². The Morgan fingerprint density at radius 2 is 1.66 bits per heavy atom. The van der Waals surface area contributed by atoms with Gasteiger partial charge in [-0.3, -0.25) is 0 Å². The molecule has 0 spiro atoms. The van der Waals surface area contributed by atoms with Crippen molar-refractivity contribution in [1.29, 1.82) is 0 Å². The van der Waals surface area contributed by atoms with Crippen LogP contribution >= 0.6 is 0 Å². The van der Waals surface area contributed by atoms with Crippen LogP contribution in [0.25, 0.3) is 0 Å². The number of para-hydroxylation sites is 1. The number of hydrogen-bond acceptors (Lipinski definition) is 3. The Hall–Kier alpha value is -2.13. The second-order valence-electron chi connectivity index (χ2n) is 7.66. The van der Waals surface area contributed by atoms with Gasteiger partial charge in [0.1, 0.15) is 5.75 Å². The molecule has 2 aromatic rings. The molecule has 3 nitrogen and oxygen atoms in total. The van der Waals surface area contributed by atoms with E-state index in [2.05, 4.69) is 26.8 Å². The zero-order valence-electron chi connectivity index (χ0n) is 18.4. The van der Waals surface area contributed by atoms with Crippen LogP contribution < -0.4 is 4.74 Å². The molecule has 0 aromatic heterocycles. The molecule has 0 amide bonds. The van der Waals surface area contributed by atoms with Gasteiger partial charge >= 0.3 is 5.97 Å². The maximum atomic E-state index is 12.7. The SMILES string of the molecule is CCCCCOC(C)c1ccc(C(=O)Oc2ccccc2C(CC)CCC)cc1.